The number of morpholine rings is 1. The summed E-state index contributed by atoms with van der Waals surface area (Å²) in [7, 11) is 0. The number of nitrogens with one attached hydrogen (secondary N) is 1. The number of carbonyl (C=O) groups excluding carboxylic acids is 1. The van der Waals surface area contributed by atoms with Crippen LogP contribution in [0.5, 0.6) is 0 Å². The Morgan fingerprint density at radius 3 is 2.58 bits per heavy atom. The van der Waals surface area contributed by atoms with E-state index in [2.05, 4.69) is 31.9 Å². The molecule has 26 heavy (non-hydrogen) atoms. The van der Waals surface area contributed by atoms with Crippen molar-refractivity contribution in [2.45, 2.75) is 75.4 Å². The van der Waals surface area contributed by atoms with E-state index in [-0.39, 0.29) is 11.2 Å². The lowest BCUT2D eigenvalue weighted by Crippen LogP contribution is -2.39. The monoisotopic (exact) mass is 381 g/mol. The fourth-order valence-electron chi connectivity index (χ4n) is 3.60. The number of anilines is 1. The number of ether oxygens (including phenoxy) is 1. The van der Waals surface area contributed by atoms with Gasteiger partial charge >= 0.3 is 0 Å². The van der Waals surface area contributed by atoms with Crippen LogP contribution in [0.3, 0.4) is 0 Å². The first-order valence-electron chi connectivity index (χ1n) is 9.92. The molecule has 146 valence electrons. The zero-order valence-corrected chi connectivity index (χ0v) is 16.8. The third kappa shape index (κ3) is 4.91. The van der Waals surface area contributed by atoms with E-state index < -0.39 is 0 Å². The minimum atomic E-state index is -0.176. The van der Waals surface area contributed by atoms with Gasteiger partial charge in [0.05, 0.1) is 18.5 Å². The van der Waals surface area contributed by atoms with E-state index >= 15 is 0 Å². The summed E-state index contributed by atoms with van der Waals surface area (Å²) in [6.45, 7) is 7.95. The van der Waals surface area contributed by atoms with Gasteiger partial charge in [-0.3, -0.25) is 9.36 Å². The summed E-state index contributed by atoms with van der Waals surface area (Å²) in [5, 5.41) is 12.6. The molecule has 1 aliphatic heterocycles. The Hall–Kier alpha value is -1.28. The summed E-state index contributed by atoms with van der Waals surface area (Å²) in [6.07, 6.45) is 7.24. The molecule has 3 rings (SSSR count). The topological polar surface area (TPSA) is 72.3 Å². The van der Waals surface area contributed by atoms with Gasteiger partial charge < -0.3 is 15.0 Å². The van der Waals surface area contributed by atoms with Crippen molar-refractivity contribution < 1.29 is 9.53 Å². The van der Waals surface area contributed by atoms with E-state index in [4.69, 9.17) is 4.74 Å². The predicted molar refractivity (Wildman–Crippen MR) is 104 cm³/mol. The number of aromatic nitrogens is 3. The number of carbonyl (C=O) groups is 1. The largest absolute Gasteiger partial charge is 0.378 e. The maximum atomic E-state index is 12.6. The zero-order valence-electron chi connectivity index (χ0n) is 15.9. The average molecular weight is 382 g/mol. The highest BCUT2D eigenvalue weighted by Gasteiger charge is 2.24. The normalized spacial score (nSPS) is 20.6. The summed E-state index contributed by atoms with van der Waals surface area (Å²) in [6, 6.07) is 0.334. The number of hydrogen-bond acceptors (Lipinski definition) is 6. The summed E-state index contributed by atoms with van der Waals surface area (Å²) >= 11 is 1.50. The van der Waals surface area contributed by atoms with Crippen molar-refractivity contribution >= 4 is 23.6 Å². The van der Waals surface area contributed by atoms with Crippen molar-refractivity contribution in [3.05, 3.63) is 0 Å². The maximum absolute atomic E-state index is 12.6. The molecule has 2 fully saturated rings. The second kappa shape index (κ2) is 9.60. The van der Waals surface area contributed by atoms with Gasteiger partial charge in [-0.2, -0.15) is 0 Å². The van der Waals surface area contributed by atoms with Gasteiger partial charge in [0.15, 0.2) is 5.16 Å². The van der Waals surface area contributed by atoms with Crippen LogP contribution in [0.4, 0.5) is 5.95 Å². The highest BCUT2D eigenvalue weighted by molar-refractivity contribution is 8.00. The molecular weight excluding hydrogens is 350 g/mol. The molecule has 0 radical (unpaired) electrons. The third-order valence-corrected chi connectivity index (χ3v) is 6.24. The van der Waals surface area contributed by atoms with Crippen LogP contribution in [0.15, 0.2) is 5.16 Å². The van der Waals surface area contributed by atoms with Crippen molar-refractivity contribution in [2.75, 3.05) is 31.2 Å². The second-order valence-corrected chi connectivity index (χ2v) is 8.39. The van der Waals surface area contributed by atoms with Crippen LogP contribution in [0.1, 0.15) is 52.4 Å². The molecule has 1 N–H and O–H groups in total. The number of nitrogens with zero attached hydrogens (tertiary/aromatic N) is 4. The number of thioether (sulfide) groups is 1. The molecule has 0 spiro atoms. The van der Waals surface area contributed by atoms with E-state index in [0.29, 0.717) is 6.04 Å². The Kier molecular flexibility index (Phi) is 7.19. The van der Waals surface area contributed by atoms with Gasteiger partial charge in [0.2, 0.25) is 11.9 Å². The molecule has 0 bridgehead atoms. The van der Waals surface area contributed by atoms with Gasteiger partial charge in [-0.25, -0.2) is 0 Å². The predicted octanol–water partition coefficient (Wildman–Crippen LogP) is 2.45. The van der Waals surface area contributed by atoms with Crippen molar-refractivity contribution in [3.63, 3.8) is 0 Å². The molecule has 7 nitrogen and oxygen atoms in total. The third-order valence-electron chi connectivity index (χ3n) is 5.16. The molecule has 8 heteroatoms. The number of rotatable bonds is 6. The molecule has 0 unspecified atom stereocenters. The molecule has 1 aromatic rings. The van der Waals surface area contributed by atoms with Gasteiger partial charge in [0, 0.05) is 25.7 Å². The fourth-order valence-corrected chi connectivity index (χ4v) is 4.51. The van der Waals surface area contributed by atoms with E-state index in [1.807, 2.05) is 6.92 Å². The van der Waals surface area contributed by atoms with E-state index in [1.165, 1.54) is 37.4 Å². The summed E-state index contributed by atoms with van der Waals surface area (Å²) < 4.78 is 7.52. The Bertz CT molecular complexity index is 580. The Morgan fingerprint density at radius 1 is 1.23 bits per heavy atom. The molecule has 1 saturated carbocycles. The van der Waals surface area contributed by atoms with Crippen LogP contribution in [0.25, 0.3) is 0 Å². The molecule has 1 aliphatic carbocycles. The average Bonchev–Trinajstić information content (AvgIpc) is 2.88. The minimum absolute atomic E-state index is 0.112. The van der Waals surface area contributed by atoms with E-state index in [9.17, 15) is 4.79 Å². The standard InChI is InChI=1S/C18H31N5O2S/c1-3-23-17(22-10-12-25-13-11-22)20-21-18(23)26-14(2)16(24)19-15-8-6-4-5-7-9-15/h14-15H,3-13H2,1-2H3,(H,19,24)/t14-/m1/s1. The van der Waals surface area contributed by atoms with Gasteiger partial charge in [0.1, 0.15) is 0 Å². The van der Waals surface area contributed by atoms with Crippen molar-refractivity contribution in [1.82, 2.24) is 20.1 Å². The Morgan fingerprint density at radius 2 is 1.92 bits per heavy atom. The lowest BCUT2D eigenvalue weighted by Gasteiger charge is -2.27. The first-order chi connectivity index (χ1) is 12.7. The van der Waals surface area contributed by atoms with Gasteiger partial charge in [-0.1, -0.05) is 37.4 Å². The van der Waals surface area contributed by atoms with Crippen molar-refractivity contribution in [2.24, 2.45) is 0 Å². The maximum Gasteiger partial charge on any atom is 0.233 e. The molecule has 2 heterocycles. The van der Waals surface area contributed by atoms with Crippen LogP contribution in [-0.2, 0) is 16.1 Å². The van der Waals surface area contributed by atoms with E-state index in [0.717, 1.165) is 56.8 Å². The lowest BCUT2D eigenvalue weighted by atomic mass is 10.1. The smallest absolute Gasteiger partial charge is 0.233 e. The SMILES string of the molecule is CCn1c(S[C@H](C)C(=O)NC2CCCCCC2)nnc1N1CCOCC1. The van der Waals surface area contributed by atoms with Crippen LogP contribution in [0, 0.1) is 0 Å². The molecule has 0 aromatic carbocycles. The van der Waals surface area contributed by atoms with Gasteiger partial charge in [-0.05, 0) is 26.7 Å². The first-order valence-corrected chi connectivity index (χ1v) is 10.8. The molecular formula is C18H31N5O2S. The van der Waals surface area contributed by atoms with Gasteiger partial charge in [0.25, 0.3) is 0 Å². The van der Waals surface area contributed by atoms with Crippen LogP contribution >= 0.6 is 11.8 Å². The van der Waals surface area contributed by atoms with Crippen LogP contribution in [-0.4, -0.2) is 58.3 Å². The zero-order chi connectivity index (χ0) is 18.4. The summed E-state index contributed by atoms with van der Waals surface area (Å²) in [4.78, 5) is 14.8. The molecule has 2 aliphatic rings. The summed E-state index contributed by atoms with van der Waals surface area (Å²) in [5.41, 5.74) is 0. The molecule has 1 aromatic heterocycles. The quantitative estimate of drug-likeness (QED) is 0.603. The fraction of sp³-hybridized carbons (Fsp3) is 0.833. The summed E-state index contributed by atoms with van der Waals surface area (Å²) in [5.74, 6) is 0.996. The van der Waals surface area contributed by atoms with Gasteiger partial charge in [-0.15, -0.1) is 10.2 Å². The highest BCUT2D eigenvalue weighted by Crippen LogP contribution is 2.26. The lowest BCUT2D eigenvalue weighted by molar-refractivity contribution is -0.121. The Balaban J connectivity index is 1.60. The molecule has 1 saturated heterocycles. The number of hydrogen-bond donors (Lipinski definition) is 1. The Labute approximate surface area is 160 Å². The van der Waals surface area contributed by atoms with Crippen molar-refractivity contribution in [3.8, 4) is 0 Å². The first kappa shape index (κ1) is 19.5. The molecule has 1 atom stereocenters. The highest BCUT2D eigenvalue weighted by atomic mass is 32.2. The van der Waals surface area contributed by atoms with Crippen LogP contribution in [0.2, 0.25) is 0 Å². The molecule has 1 amide bonds. The van der Waals surface area contributed by atoms with E-state index in [1.54, 1.807) is 0 Å². The second-order valence-electron chi connectivity index (χ2n) is 7.08. The minimum Gasteiger partial charge on any atom is -0.378 e. The van der Waals surface area contributed by atoms with Crippen LogP contribution < -0.4 is 10.2 Å². The van der Waals surface area contributed by atoms with Crippen molar-refractivity contribution in [1.29, 1.82) is 0 Å². The number of amides is 1.